The average molecular weight is 287 g/mol. The van der Waals surface area contributed by atoms with E-state index in [2.05, 4.69) is 4.72 Å². The predicted octanol–water partition coefficient (Wildman–Crippen LogP) is 2.72. The smallest absolute Gasteiger partial charge is 0.201 e. The normalized spacial score (nSPS) is 11.2. The lowest BCUT2D eigenvalue weighted by molar-refractivity contribution is 0.601. The third-order valence-electron chi connectivity index (χ3n) is 3.05. The first-order valence-corrected chi connectivity index (χ1v) is 7.36. The zero-order chi connectivity index (χ0) is 13.9. The summed E-state index contributed by atoms with van der Waals surface area (Å²) in [6.45, 7) is 0.292. The number of thiol groups is 1. The molecule has 0 amide bonds. The van der Waals surface area contributed by atoms with E-state index in [9.17, 15) is 8.42 Å². The van der Waals surface area contributed by atoms with Crippen molar-refractivity contribution in [2.45, 2.75) is 6.54 Å². The zero-order valence-electron chi connectivity index (χ0n) is 10.6. The summed E-state index contributed by atoms with van der Waals surface area (Å²) in [5.41, 5.74) is 2.71. The highest BCUT2D eigenvalue weighted by molar-refractivity contribution is 7.70. The Kier molecular flexibility index (Phi) is 3.54. The van der Waals surface area contributed by atoms with Gasteiger partial charge in [-0.05, 0) is 23.8 Å². The highest BCUT2D eigenvalue weighted by Gasteiger charge is 2.06. The molecule has 0 bridgehead atoms. The largest absolute Gasteiger partial charge is 0.456 e. The van der Waals surface area contributed by atoms with Crippen LogP contribution >= 0.6 is 0 Å². The summed E-state index contributed by atoms with van der Waals surface area (Å²) < 4.78 is 29.2. The summed E-state index contributed by atoms with van der Waals surface area (Å²) in [4.78, 5) is 0. The third-order valence-corrected chi connectivity index (χ3v) is 3.47. The molecular weight excluding hydrogens is 274 g/mol. The van der Waals surface area contributed by atoms with E-state index < -0.39 is 10.9 Å². The number of furan rings is 1. The first kappa shape index (κ1) is 12.9. The molecular formula is C15H13NO3S. The van der Waals surface area contributed by atoms with Crippen LogP contribution in [0.1, 0.15) is 5.56 Å². The Morgan fingerprint density at radius 2 is 1.80 bits per heavy atom. The van der Waals surface area contributed by atoms with E-state index >= 15 is 0 Å². The maximum absolute atomic E-state index is 10.5. The molecule has 5 heteroatoms. The Morgan fingerprint density at radius 3 is 2.55 bits per heavy atom. The molecule has 3 rings (SSSR count). The highest BCUT2D eigenvalue weighted by Crippen LogP contribution is 2.28. The molecule has 0 atom stereocenters. The van der Waals surface area contributed by atoms with Gasteiger partial charge in [0.25, 0.3) is 0 Å². The molecule has 3 aromatic rings. The number of fused-ring (bicyclic) bond motifs is 1. The summed E-state index contributed by atoms with van der Waals surface area (Å²) in [6.07, 6.45) is 0. The van der Waals surface area contributed by atoms with Gasteiger partial charge in [-0.3, -0.25) is 0 Å². The van der Waals surface area contributed by atoms with Gasteiger partial charge in [0.2, 0.25) is 10.9 Å². The molecule has 2 aromatic carbocycles. The lowest BCUT2D eigenvalue weighted by Gasteiger charge is -1.98. The summed E-state index contributed by atoms with van der Waals surface area (Å²) in [5, 5.41) is 0.962. The highest BCUT2D eigenvalue weighted by atomic mass is 32.2. The third kappa shape index (κ3) is 2.74. The molecule has 0 aliphatic rings. The maximum Gasteiger partial charge on any atom is 0.201 e. The molecule has 1 heterocycles. The Labute approximate surface area is 118 Å². The first-order chi connectivity index (χ1) is 9.72. The van der Waals surface area contributed by atoms with Crippen LogP contribution in [-0.2, 0) is 17.4 Å². The van der Waals surface area contributed by atoms with E-state index in [4.69, 9.17) is 4.42 Å². The van der Waals surface area contributed by atoms with Crippen molar-refractivity contribution in [3.8, 4) is 11.3 Å². The first-order valence-electron chi connectivity index (χ1n) is 6.18. The average Bonchev–Trinajstić information content (AvgIpc) is 2.89. The van der Waals surface area contributed by atoms with Crippen LogP contribution in [0, 0.1) is 0 Å². The molecule has 0 aliphatic heterocycles. The fraction of sp³-hybridized carbons (Fsp3) is 0.0667. The molecule has 1 N–H and O–H groups in total. The molecule has 20 heavy (non-hydrogen) atoms. The molecule has 0 saturated carbocycles. The van der Waals surface area contributed by atoms with Crippen LogP contribution in [0.5, 0.6) is 0 Å². The SMILES string of the molecule is O=[SH](=O)NCc1ccc2oc(-c3ccccc3)cc2c1. The van der Waals surface area contributed by atoms with E-state index in [-0.39, 0.29) is 0 Å². The summed E-state index contributed by atoms with van der Waals surface area (Å²) in [6, 6.07) is 17.5. The van der Waals surface area contributed by atoms with Gasteiger partial charge in [0, 0.05) is 17.5 Å². The number of rotatable bonds is 4. The van der Waals surface area contributed by atoms with Gasteiger partial charge in [-0.1, -0.05) is 36.4 Å². The lowest BCUT2D eigenvalue weighted by atomic mass is 10.1. The van der Waals surface area contributed by atoms with Gasteiger partial charge < -0.3 is 4.42 Å². The second kappa shape index (κ2) is 5.48. The van der Waals surface area contributed by atoms with E-state index in [1.54, 1.807) is 0 Å². The van der Waals surface area contributed by atoms with Gasteiger partial charge in [-0.2, -0.15) is 0 Å². The van der Waals surface area contributed by atoms with E-state index in [1.807, 2.05) is 54.6 Å². The fourth-order valence-corrected chi connectivity index (χ4v) is 2.41. The van der Waals surface area contributed by atoms with E-state index in [0.717, 1.165) is 27.9 Å². The van der Waals surface area contributed by atoms with Crippen molar-refractivity contribution in [2.75, 3.05) is 0 Å². The molecule has 0 aliphatic carbocycles. The minimum absolute atomic E-state index is 0.292. The molecule has 0 unspecified atom stereocenters. The second-order valence-corrected chi connectivity index (χ2v) is 5.27. The summed E-state index contributed by atoms with van der Waals surface area (Å²) >= 11 is 0. The fourth-order valence-electron chi connectivity index (χ4n) is 2.10. The summed E-state index contributed by atoms with van der Waals surface area (Å²) in [7, 11) is -2.57. The van der Waals surface area contributed by atoms with Crippen molar-refractivity contribution >= 4 is 21.9 Å². The van der Waals surface area contributed by atoms with Crippen LogP contribution in [-0.4, -0.2) is 8.42 Å². The number of hydrogen-bond donors (Lipinski definition) is 2. The summed E-state index contributed by atoms with van der Waals surface area (Å²) in [5.74, 6) is 0.806. The number of hydrogen-bond acceptors (Lipinski definition) is 3. The minimum atomic E-state index is -2.57. The zero-order valence-corrected chi connectivity index (χ0v) is 11.5. The van der Waals surface area contributed by atoms with E-state index in [1.165, 1.54) is 0 Å². The van der Waals surface area contributed by atoms with Crippen molar-refractivity contribution in [3.05, 3.63) is 60.2 Å². The number of nitrogens with one attached hydrogen (secondary N) is 1. The van der Waals surface area contributed by atoms with Crippen molar-refractivity contribution in [3.63, 3.8) is 0 Å². The second-order valence-electron chi connectivity index (χ2n) is 4.44. The van der Waals surface area contributed by atoms with Crippen LogP contribution in [0.2, 0.25) is 0 Å². The molecule has 4 nitrogen and oxygen atoms in total. The Bertz CT molecular complexity index is 798. The topological polar surface area (TPSA) is 59.3 Å². The lowest BCUT2D eigenvalue weighted by Crippen LogP contribution is -2.09. The van der Waals surface area contributed by atoms with Gasteiger partial charge in [0.05, 0.1) is 0 Å². The van der Waals surface area contributed by atoms with Crippen molar-refractivity contribution in [1.29, 1.82) is 0 Å². The quantitative estimate of drug-likeness (QED) is 0.725. The monoisotopic (exact) mass is 287 g/mol. The van der Waals surface area contributed by atoms with Gasteiger partial charge in [-0.25, -0.2) is 13.1 Å². The van der Waals surface area contributed by atoms with E-state index in [0.29, 0.717) is 6.54 Å². The van der Waals surface area contributed by atoms with Gasteiger partial charge in [0.1, 0.15) is 11.3 Å². The van der Waals surface area contributed by atoms with Gasteiger partial charge in [-0.15, -0.1) is 0 Å². The van der Waals surface area contributed by atoms with Crippen LogP contribution in [0.3, 0.4) is 0 Å². The predicted molar refractivity (Wildman–Crippen MR) is 78.8 cm³/mol. The Balaban J connectivity index is 1.95. The molecule has 0 fully saturated rings. The van der Waals surface area contributed by atoms with Gasteiger partial charge in [0.15, 0.2) is 0 Å². The maximum atomic E-state index is 10.5. The van der Waals surface area contributed by atoms with Crippen molar-refractivity contribution in [2.24, 2.45) is 0 Å². The van der Waals surface area contributed by atoms with Crippen LogP contribution in [0.15, 0.2) is 59.0 Å². The minimum Gasteiger partial charge on any atom is -0.456 e. The van der Waals surface area contributed by atoms with Crippen molar-refractivity contribution < 1.29 is 12.8 Å². The molecule has 0 spiro atoms. The number of benzene rings is 2. The molecule has 102 valence electrons. The van der Waals surface area contributed by atoms with Crippen molar-refractivity contribution in [1.82, 2.24) is 4.72 Å². The van der Waals surface area contributed by atoms with Gasteiger partial charge >= 0.3 is 0 Å². The standard InChI is InChI=1S/C15H13NO3S/c17-20(18)16-10-11-6-7-14-13(8-11)9-15(19-14)12-4-2-1-3-5-12/h1-9,20H,10H2,(H,16,17,18). The molecule has 0 radical (unpaired) electrons. The molecule has 0 saturated heterocycles. The Morgan fingerprint density at radius 1 is 1.00 bits per heavy atom. The molecule has 1 aromatic heterocycles. The van der Waals surface area contributed by atoms with Crippen LogP contribution in [0.4, 0.5) is 0 Å². The van der Waals surface area contributed by atoms with Crippen LogP contribution in [0.25, 0.3) is 22.3 Å². The van der Waals surface area contributed by atoms with Crippen LogP contribution < -0.4 is 4.72 Å². The Hall–Kier alpha value is -2.11.